The molecule has 2 atom stereocenters. The summed E-state index contributed by atoms with van der Waals surface area (Å²) < 4.78 is 5.67. The Morgan fingerprint density at radius 1 is 1.32 bits per heavy atom. The predicted octanol–water partition coefficient (Wildman–Crippen LogP) is 2.43. The Labute approximate surface area is 112 Å². The molecule has 2 N–H and O–H groups in total. The van der Waals surface area contributed by atoms with Gasteiger partial charge in [-0.2, -0.15) is 0 Å². The smallest absolute Gasteiger partial charge is 0.122 e. The highest BCUT2D eigenvalue weighted by Crippen LogP contribution is 2.37. The first-order valence-electron chi connectivity index (χ1n) is 6.58. The largest absolute Gasteiger partial charge is 0.493 e. The fraction of sp³-hybridized carbons (Fsp3) is 0.333. The van der Waals surface area contributed by atoms with Gasteiger partial charge in [0.05, 0.1) is 12.3 Å². The van der Waals surface area contributed by atoms with Gasteiger partial charge < -0.3 is 10.5 Å². The maximum absolute atomic E-state index is 6.24. The molecular weight excluding hydrogens is 238 g/mol. The highest BCUT2D eigenvalue weighted by atomic mass is 16.5. The Morgan fingerprint density at radius 2 is 2.21 bits per heavy atom. The monoisotopic (exact) mass is 255 g/mol. The summed E-state index contributed by atoms with van der Waals surface area (Å²) >= 11 is 0. The summed E-state index contributed by atoms with van der Waals surface area (Å²) in [7, 11) is 0. The molecule has 0 saturated heterocycles. The van der Waals surface area contributed by atoms with Gasteiger partial charge in [0.2, 0.25) is 0 Å². The summed E-state index contributed by atoms with van der Waals surface area (Å²) in [4.78, 5) is 8.36. The van der Waals surface area contributed by atoms with Crippen LogP contribution in [0.15, 0.2) is 42.9 Å². The van der Waals surface area contributed by atoms with Crippen LogP contribution < -0.4 is 10.5 Å². The first kappa shape index (κ1) is 12.1. The number of aromatic nitrogens is 2. The third-order valence-electron chi connectivity index (χ3n) is 3.58. The van der Waals surface area contributed by atoms with Crippen LogP contribution in [0, 0.1) is 0 Å². The Kier molecular flexibility index (Phi) is 3.42. The van der Waals surface area contributed by atoms with E-state index in [9.17, 15) is 0 Å². The lowest BCUT2D eigenvalue weighted by atomic mass is 9.87. The van der Waals surface area contributed by atoms with Crippen LogP contribution in [0.2, 0.25) is 0 Å². The summed E-state index contributed by atoms with van der Waals surface area (Å²) in [5.41, 5.74) is 8.35. The van der Waals surface area contributed by atoms with Gasteiger partial charge in [0.15, 0.2) is 0 Å². The van der Waals surface area contributed by atoms with E-state index in [4.69, 9.17) is 10.5 Å². The van der Waals surface area contributed by atoms with Gasteiger partial charge in [-0.25, -0.2) is 0 Å². The molecule has 0 saturated carbocycles. The van der Waals surface area contributed by atoms with Crippen LogP contribution in [-0.4, -0.2) is 16.6 Å². The number of nitrogens with zero attached hydrogens (tertiary/aromatic N) is 2. The van der Waals surface area contributed by atoms with E-state index in [0.717, 1.165) is 30.9 Å². The van der Waals surface area contributed by atoms with Gasteiger partial charge in [0, 0.05) is 24.6 Å². The fourth-order valence-corrected chi connectivity index (χ4v) is 2.59. The number of rotatable bonds is 3. The molecule has 1 aliphatic rings. The van der Waals surface area contributed by atoms with Gasteiger partial charge >= 0.3 is 0 Å². The molecular formula is C15H17N3O. The molecule has 2 unspecified atom stereocenters. The molecule has 0 amide bonds. The number of ether oxygens (including phenoxy) is 1. The topological polar surface area (TPSA) is 61.0 Å². The number of para-hydroxylation sites is 1. The minimum absolute atomic E-state index is 0.0788. The molecule has 1 aromatic carbocycles. The van der Waals surface area contributed by atoms with E-state index >= 15 is 0 Å². The quantitative estimate of drug-likeness (QED) is 0.915. The highest BCUT2D eigenvalue weighted by Gasteiger charge is 2.24. The van der Waals surface area contributed by atoms with E-state index in [1.54, 1.807) is 18.6 Å². The molecule has 0 aliphatic carbocycles. The third-order valence-corrected chi connectivity index (χ3v) is 3.58. The minimum atomic E-state index is -0.0788. The van der Waals surface area contributed by atoms with Gasteiger partial charge in [-0.3, -0.25) is 9.97 Å². The van der Waals surface area contributed by atoms with Crippen LogP contribution >= 0.6 is 0 Å². The standard InChI is InChI=1S/C15H17N3O/c16-13(14-10-17-6-7-18-14)9-11-5-8-19-15-4-2-1-3-12(11)15/h1-4,6-7,10-11,13H,5,8-9,16H2. The highest BCUT2D eigenvalue weighted by molar-refractivity contribution is 5.37. The van der Waals surface area contributed by atoms with Crippen LogP contribution in [0.25, 0.3) is 0 Å². The molecule has 3 rings (SSSR count). The maximum Gasteiger partial charge on any atom is 0.122 e. The molecule has 4 heteroatoms. The van der Waals surface area contributed by atoms with Crippen LogP contribution in [-0.2, 0) is 0 Å². The van der Waals surface area contributed by atoms with Crippen molar-refractivity contribution in [1.29, 1.82) is 0 Å². The predicted molar refractivity (Wildman–Crippen MR) is 72.9 cm³/mol. The Balaban J connectivity index is 1.78. The van der Waals surface area contributed by atoms with Crippen molar-refractivity contribution in [2.24, 2.45) is 5.73 Å². The van der Waals surface area contributed by atoms with E-state index < -0.39 is 0 Å². The minimum Gasteiger partial charge on any atom is -0.493 e. The molecule has 0 spiro atoms. The molecule has 0 radical (unpaired) electrons. The molecule has 19 heavy (non-hydrogen) atoms. The third kappa shape index (κ3) is 2.58. The lowest BCUT2D eigenvalue weighted by Gasteiger charge is -2.27. The zero-order valence-electron chi connectivity index (χ0n) is 10.7. The first-order valence-corrected chi connectivity index (χ1v) is 6.58. The Morgan fingerprint density at radius 3 is 3.05 bits per heavy atom. The summed E-state index contributed by atoms with van der Waals surface area (Å²) in [5, 5.41) is 0. The lowest BCUT2D eigenvalue weighted by Crippen LogP contribution is -2.20. The second kappa shape index (κ2) is 5.36. The number of hydrogen-bond acceptors (Lipinski definition) is 4. The summed E-state index contributed by atoms with van der Waals surface area (Å²) in [6.45, 7) is 0.759. The molecule has 1 aliphatic heterocycles. The normalized spacial score (nSPS) is 19.3. The van der Waals surface area contributed by atoms with Crippen molar-refractivity contribution in [2.45, 2.75) is 24.8 Å². The SMILES string of the molecule is NC(CC1CCOc2ccccc21)c1cnccn1. The van der Waals surface area contributed by atoms with E-state index in [-0.39, 0.29) is 6.04 Å². The van der Waals surface area contributed by atoms with Crippen molar-refractivity contribution >= 4 is 0 Å². The van der Waals surface area contributed by atoms with Gasteiger partial charge in [0.25, 0.3) is 0 Å². The molecule has 98 valence electrons. The molecule has 0 bridgehead atoms. The van der Waals surface area contributed by atoms with Crippen LogP contribution in [0.4, 0.5) is 0 Å². The molecule has 1 aromatic heterocycles. The number of hydrogen-bond donors (Lipinski definition) is 1. The second-order valence-electron chi connectivity index (χ2n) is 4.84. The van der Waals surface area contributed by atoms with Crippen LogP contribution in [0.1, 0.15) is 36.1 Å². The summed E-state index contributed by atoms with van der Waals surface area (Å²) in [5.74, 6) is 1.42. The molecule has 2 aromatic rings. The average molecular weight is 255 g/mol. The zero-order valence-corrected chi connectivity index (χ0v) is 10.7. The van der Waals surface area contributed by atoms with Crippen molar-refractivity contribution in [2.75, 3.05) is 6.61 Å². The number of fused-ring (bicyclic) bond motifs is 1. The van der Waals surface area contributed by atoms with E-state index in [0.29, 0.717) is 5.92 Å². The number of benzene rings is 1. The van der Waals surface area contributed by atoms with Gasteiger partial charge in [-0.15, -0.1) is 0 Å². The van der Waals surface area contributed by atoms with Gasteiger partial charge in [-0.05, 0) is 30.4 Å². The van der Waals surface area contributed by atoms with Gasteiger partial charge in [-0.1, -0.05) is 18.2 Å². The zero-order chi connectivity index (χ0) is 13.1. The molecule has 0 fully saturated rings. The van der Waals surface area contributed by atoms with Crippen LogP contribution in [0.5, 0.6) is 5.75 Å². The van der Waals surface area contributed by atoms with E-state index in [1.807, 2.05) is 18.2 Å². The Bertz CT molecular complexity index is 544. The van der Waals surface area contributed by atoms with Crippen molar-refractivity contribution in [3.8, 4) is 5.75 Å². The lowest BCUT2D eigenvalue weighted by molar-refractivity contribution is 0.259. The van der Waals surface area contributed by atoms with Crippen molar-refractivity contribution in [3.05, 3.63) is 54.1 Å². The average Bonchev–Trinajstić information content (AvgIpc) is 2.48. The molecule has 4 nitrogen and oxygen atoms in total. The van der Waals surface area contributed by atoms with Crippen molar-refractivity contribution in [3.63, 3.8) is 0 Å². The van der Waals surface area contributed by atoms with E-state index in [2.05, 4.69) is 16.0 Å². The maximum atomic E-state index is 6.24. The Hall–Kier alpha value is -1.94. The fourth-order valence-electron chi connectivity index (χ4n) is 2.59. The summed E-state index contributed by atoms with van der Waals surface area (Å²) in [6, 6.07) is 8.13. The van der Waals surface area contributed by atoms with Gasteiger partial charge in [0.1, 0.15) is 5.75 Å². The van der Waals surface area contributed by atoms with Crippen molar-refractivity contribution in [1.82, 2.24) is 9.97 Å². The van der Waals surface area contributed by atoms with E-state index in [1.165, 1.54) is 5.56 Å². The van der Waals surface area contributed by atoms with Crippen LogP contribution in [0.3, 0.4) is 0 Å². The molecule has 2 heterocycles. The van der Waals surface area contributed by atoms with Crippen molar-refractivity contribution < 1.29 is 4.74 Å². The summed E-state index contributed by atoms with van der Waals surface area (Å²) in [6.07, 6.45) is 6.98. The number of nitrogens with two attached hydrogens (primary N) is 1. The first-order chi connectivity index (χ1) is 9.34. The second-order valence-corrected chi connectivity index (χ2v) is 4.84.